The maximum atomic E-state index is 12.0. The van der Waals surface area contributed by atoms with Crippen LogP contribution in [-0.4, -0.2) is 17.0 Å². The highest BCUT2D eigenvalue weighted by Gasteiger charge is 2.16. The standard InChI is InChI=1S/C15H15ClN2O2/c1-10-3-4-13(16)14(9-10)20-11(2)15(19)18-12-5-7-17-8-6-12/h3-9,11H,1-2H3,(H,17,18,19)/t11-/m0/s1. The van der Waals surface area contributed by atoms with Crippen molar-refractivity contribution in [3.05, 3.63) is 53.3 Å². The number of hydrogen-bond donors (Lipinski definition) is 1. The van der Waals surface area contributed by atoms with Gasteiger partial charge in [-0.05, 0) is 43.7 Å². The summed E-state index contributed by atoms with van der Waals surface area (Å²) in [5.74, 6) is 0.262. The van der Waals surface area contributed by atoms with E-state index in [0.717, 1.165) is 5.56 Å². The first-order chi connectivity index (χ1) is 9.56. The second kappa shape index (κ2) is 6.39. The minimum atomic E-state index is -0.650. The zero-order valence-corrected chi connectivity index (χ0v) is 12.0. The number of hydrogen-bond acceptors (Lipinski definition) is 3. The molecule has 5 heteroatoms. The summed E-state index contributed by atoms with van der Waals surface area (Å²) in [5.41, 5.74) is 1.70. The van der Waals surface area contributed by atoms with Crippen molar-refractivity contribution in [2.75, 3.05) is 5.32 Å². The molecule has 1 heterocycles. The topological polar surface area (TPSA) is 51.2 Å². The third-order valence-electron chi connectivity index (χ3n) is 2.71. The fourth-order valence-corrected chi connectivity index (χ4v) is 1.79. The van der Waals surface area contributed by atoms with Crippen LogP contribution in [0.2, 0.25) is 5.02 Å². The Morgan fingerprint density at radius 2 is 2.00 bits per heavy atom. The lowest BCUT2D eigenvalue weighted by molar-refractivity contribution is -0.122. The Balaban J connectivity index is 2.02. The van der Waals surface area contributed by atoms with Crippen molar-refractivity contribution in [1.82, 2.24) is 4.98 Å². The third kappa shape index (κ3) is 3.71. The Hall–Kier alpha value is -2.07. The highest BCUT2D eigenvalue weighted by atomic mass is 35.5. The fourth-order valence-electron chi connectivity index (χ4n) is 1.62. The lowest BCUT2D eigenvalue weighted by Crippen LogP contribution is -2.30. The summed E-state index contributed by atoms with van der Waals surface area (Å²) in [5, 5.41) is 3.23. The first-order valence-corrected chi connectivity index (χ1v) is 6.58. The maximum Gasteiger partial charge on any atom is 0.265 e. The van der Waals surface area contributed by atoms with Gasteiger partial charge in [-0.3, -0.25) is 9.78 Å². The fraction of sp³-hybridized carbons (Fsp3) is 0.200. The largest absolute Gasteiger partial charge is 0.479 e. The van der Waals surface area contributed by atoms with Crippen LogP contribution in [0.5, 0.6) is 5.75 Å². The molecule has 4 nitrogen and oxygen atoms in total. The summed E-state index contributed by atoms with van der Waals surface area (Å²) >= 11 is 6.04. The number of aryl methyl sites for hydroxylation is 1. The number of carbonyl (C=O) groups is 1. The predicted molar refractivity (Wildman–Crippen MR) is 79.1 cm³/mol. The van der Waals surface area contributed by atoms with E-state index in [0.29, 0.717) is 16.5 Å². The monoisotopic (exact) mass is 290 g/mol. The number of pyridine rings is 1. The zero-order valence-electron chi connectivity index (χ0n) is 11.3. The summed E-state index contributed by atoms with van der Waals surface area (Å²) in [6, 6.07) is 8.86. The number of carbonyl (C=O) groups excluding carboxylic acids is 1. The molecular weight excluding hydrogens is 276 g/mol. The molecule has 1 N–H and O–H groups in total. The highest BCUT2D eigenvalue weighted by Crippen LogP contribution is 2.26. The van der Waals surface area contributed by atoms with Crippen LogP contribution in [-0.2, 0) is 4.79 Å². The van der Waals surface area contributed by atoms with E-state index in [1.165, 1.54) is 0 Å². The molecule has 20 heavy (non-hydrogen) atoms. The minimum absolute atomic E-state index is 0.242. The first kappa shape index (κ1) is 14.3. The van der Waals surface area contributed by atoms with Gasteiger partial charge in [0.1, 0.15) is 5.75 Å². The zero-order chi connectivity index (χ0) is 14.5. The van der Waals surface area contributed by atoms with Crippen molar-refractivity contribution >= 4 is 23.2 Å². The average Bonchev–Trinajstić information content (AvgIpc) is 2.44. The smallest absolute Gasteiger partial charge is 0.265 e. The third-order valence-corrected chi connectivity index (χ3v) is 3.02. The number of ether oxygens (including phenoxy) is 1. The Labute approximate surface area is 122 Å². The lowest BCUT2D eigenvalue weighted by atomic mass is 10.2. The molecule has 2 rings (SSSR count). The molecule has 0 spiro atoms. The van der Waals surface area contributed by atoms with E-state index in [9.17, 15) is 4.79 Å². The molecule has 2 aromatic rings. The number of halogens is 1. The Morgan fingerprint density at radius 3 is 2.70 bits per heavy atom. The normalized spacial score (nSPS) is 11.8. The van der Waals surface area contributed by atoms with Crippen molar-refractivity contribution in [2.45, 2.75) is 20.0 Å². The average molecular weight is 291 g/mol. The van der Waals surface area contributed by atoms with Crippen LogP contribution >= 0.6 is 11.6 Å². The molecule has 0 saturated carbocycles. The van der Waals surface area contributed by atoms with Gasteiger partial charge in [0.05, 0.1) is 5.02 Å². The first-order valence-electron chi connectivity index (χ1n) is 6.20. The summed E-state index contributed by atoms with van der Waals surface area (Å²) in [4.78, 5) is 15.9. The molecule has 1 atom stereocenters. The Morgan fingerprint density at radius 1 is 1.30 bits per heavy atom. The van der Waals surface area contributed by atoms with E-state index in [2.05, 4.69) is 10.3 Å². The number of benzene rings is 1. The van der Waals surface area contributed by atoms with Crippen LogP contribution in [0.25, 0.3) is 0 Å². The van der Waals surface area contributed by atoms with Gasteiger partial charge in [0.25, 0.3) is 5.91 Å². The van der Waals surface area contributed by atoms with Crippen molar-refractivity contribution < 1.29 is 9.53 Å². The molecule has 1 amide bonds. The number of nitrogens with one attached hydrogen (secondary N) is 1. The molecule has 0 aliphatic carbocycles. The summed E-state index contributed by atoms with van der Waals surface area (Å²) in [6.07, 6.45) is 2.57. The van der Waals surface area contributed by atoms with Gasteiger partial charge in [0.15, 0.2) is 6.10 Å². The number of amides is 1. The Kier molecular flexibility index (Phi) is 4.58. The molecule has 0 aliphatic rings. The molecule has 0 radical (unpaired) electrons. The van der Waals surface area contributed by atoms with Gasteiger partial charge in [-0.1, -0.05) is 17.7 Å². The summed E-state index contributed by atoms with van der Waals surface area (Å²) in [6.45, 7) is 3.61. The van der Waals surface area contributed by atoms with Crippen LogP contribution in [0.1, 0.15) is 12.5 Å². The number of nitrogens with zero attached hydrogens (tertiary/aromatic N) is 1. The highest BCUT2D eigenvalue weighted by molar-refractivity contribution is 6.32. The quantitative estimate of drug-likeness (QED) is 0.938. The van der Waals surface area contributed by atoms with Gasteiger partial charge in [0, 0.05) is 18.1 Å². The molecule has 104 valence electrons. The molecular formula is C15H15ClN2O2. The molecule has 1 aromatic carbocycles. The van der Waals surface area contributed by atoms with Crippen LogP contribution < -0.4 is 10.1 Å². The van der Waals surface area contributed by atoms with E-state index in [1.807, 2.05) is 13.0 Å². The summed E-state index contributed by atoms with van der Waals surface area (Å²) < 4.78 is 5.60. The van der Waals surface area contributed by atoms with Crippen LogP contribution in [0.3, 0.4) is 0 Å². The van der Waals surface area contributed by atoms with Gasteiger partial charge >= 0.3 is 0 Å². The van der Waals surface area contributed by atoms with Gasteiger partial charge in [-0.25, -0.2) is 0 Å². The number of rotatable bonds is 4. The van der Waals surface area contributed by atoms with Gasteiger partial charge in [-0.15, -0.1) is 0 Å². The molecule has 0 fully saturated rings. The van der Waals surface area contributed by atoms with Crippen molar-refractivity contribution in [3.8, 4) is 5.75 Å². The molecule has 1 aromatic heterocycles. The lowest BCUT2D eigenvalue weighted by Gasteiger charge is -2.16. The maximum absolute atomic E-state index is 12.0. The number of aromatic nitrogens is 1. The predicted octanol–water partition coefficient (Wildman–Crippen LogP) is 3.45. The van der Waals surface area contributed by atoms with E-state index in [-0.39, 0.29) is 5.91 Å². The molecule has 0 bridgehead atoms. The van der Waals surface area contributed by atoms with Crippen LogP contribution in [0, 0.1) is 6.92 Å². The van der Waals surface area contributed by atoms with Crippen molar-refractivity contribution in [1.29, 1.82) is 0 Å². The van der Waals surface area contributed by atoms with E-state index < -0.39 is 6.10 Å². The molecule has 0 unspecified atom stereocenters. The van der Waals surface area contributed by atoms with Crippen LogP contribution in [0.15, 0.2) is 42.7 Å². The Bertz CT molecular complexity index is 602. The molecule has 0 saturated heterocycles. The number of anilines is 1. The van der Waals surface area contributed by atoms with Crippen molar-refractivity contribution in [3.63, 3.8) is 0 Å². The van der Waals surface area contributed by atoms with E-state index in [1.54, 1.807) is 43.6 Å². The second-order valence-corrected chi connectivity index (χ2v) is 4.83. The van der Waals surface area contributed by atoms with Gasteiger partial charge in [-0.2, -0.15) is 0 Å². The minimum Gasteiger partial charge on any atom is -0.479 e. The molecule has 0 aliphatic heterocycles. The second-order valence-electron chi connectivity index (χ2n) is 4.42. The SMILES string of the molecule is Cc1ccc(Cl)c(O[C@@H](C)C(=O)Nc2ccncc2)c1. The van der Waals surface area contributed by atoms with Gasteiger partial charge < -0.3 is 10.1 Å². The van der Waals surface area contributed by atoms with E-state index in [4.69, 9.17) is 16.3 Å². The van der Waals surface area contributed by atoms with Gasteiger partial charge in [0.2, 0.25) is 0 Å². The van der Waals surface area contributed by atoms with E-state index >= 15 is 0 Å². The summed E-state index contributed by atoms with van der Waals surface area (Å²) in [7, 11) is 0. The van der Waals surface area contributed by atoms with Crippen molar-refractivity contribution in [2.24, 2.45) is 0 Å². The van der Waals surface area contributed by atoms with Crippen LogP contribution in [0.4, 0.5) is 5.69 Å².